The molecule has 0 N–H and O–H groups in total. The molecule has 0 aliphatic carbocycles. The van der Waals surface area contributed by atoms with E-state index in [1.807, 2.05) is 49.1 Å². The van der Waals surface area contributed by atoms with E-state index in [1.54, 1.807) is 12.1 Å². The van der Waals surface area contributed by atoms with E-state index in [-0.39, 0.29) is 17.6 Å². The molecule has 1 aromatic heterocycles. The second-order valence-electron chi connectivity index (χ2n) is 8.39. The number of halogens is 1. The molecule has 31 heavy (non-hydrogen) atoms. The largest absolute Gasteiger partial charge is 0.323 e. The highest BCUT2D eigenvalue weighted by molar-refractivity contribution is 5.96. The van der Waals surface area contributed by atoms with E-state index in [0.717, 1.165) is 33.7 Å². The molecule has 5 heteroatoms. The Balaban J connectivity index is 1.54. The number of carbonyl (C=O) groups excluding carboxylic acids is 1. The fourth-order valence-electron chi connectivity index (χ4n) is 4.61. The predicted molar refractivity (Wildman–Crippen MR) is 121 cm³/mol. The smallest absolute Gasteiger partial charge is 0.227 e. The van der Waals surface area contributed by atoms with Crippen LogP contribution in [0.5, 0.6) is 0 Å². The number of fused-ring (bicyclic) bond motifs is 1. The number of anilines is 1. The van der Waals surface area contributed by atoms with Crippen molar-refractivity contribution in [1.82, 2.24) is 9.55 Å². The number of amides is 1. The average molecular weight is 413 g/mol. The van der Waals surface area contributed by atoms with Crippen LogP contribution < -0.4 is 4.90 Å². The summed E-state index contributed by atoms with van der Waals surface area (Å²) >= 11 is 0. The van der Waals surface area contributed by atoms with Gasteiger partial charge in [0, 0.05) is 30.1 Å². The number of carbonyl (C=O) groups is 1. The maximum Gasteiger partial charge on any atom is 0.227 e. The van der Waals surface area contributed by atoms with Crippen molar-refractivity contribution in [1.29, 1.82) is 0 Å². The van der Waals surface area contributed by atoms with Crippen molar-refractivity contribution >= 4 is 22.6 Å². The highest BCUT2D eigenvalue weighted by Crippen LogP contribution is 2.34. The summed E-state index contributed by atoms with van der Waals surface area (Å²) in [5, 5.41) is 0. The maximum absolute atomic E-state index is 14.4. The van der Waals surface area contributed by atoms with Crippen LogP contribution in [-0.4, -0.2) is 22.0 Å². The molecular formula is C26H24FN3O. The Kier molecular flexibility index (Phi) is 4.81. The van der Waals surface area contributed by atoms with Crippen LogP contribution in [0.1, 0.15) is 34.9 Å². The molecule has 1 aliphatic heterocycles. The van der Waals surface area contributed by atoms with Crippen LogP contribution in [0.25, 0.3) is 11.0 Å². The Bertz CT molecular complexity index is 1270. The van der Waals surface area contributed by atoms with Gasteiger partial charge in [-0.15, -0.1) is 0 Å². The summed E-state index contributed by atoms with van der Waals surface area (Å²) in [6.07, 6.45) is 0.396. The van der Waals surface area contributed by atoms with Crippen molar-refractivity contribution in [2.24, 2.45) is 0 Å². The first kappa shape index (κ1) is 19.5. The van der Waals surface area contributed by atoms with Gasteiger partial charge in [0.15, 0.2) is 0 Å². The van der Waals surface area contributed by atoms with E-state index in [0.29, 0.717) is 25.1 Å². The number of nitrogens with zero attached hydrogens (tertiary/aromatic N) is 3. The number of aryl methyl sites for hydroxylation is 2. The molecule has 4 nitrogen and oxygen atoms in total. The number of hydrogen-bond donors (Lipinski definition) is 0. The minimum absolute atomic E-state index is 0.0486. The molecule has 2 heterocycles. The highest BCUT2D eigenvalue weighted by atomic mass is 19.1. The van der Waals surface area contributed by atoms with Crippen molar-refractivity contribution in [2.45, 2.75) is 32.7 Å². The topological polar surface area (TPSA) is 38.1 Å². The Morgan fingerprint density at radius 2 is 1.71 bits per heavy atom. The van der Waals surface area contributed by atoms with Gasteiger partial charge in [-0.2, -0.15) is 0 Å². The molecule has 0 radical (unpaired) electrons. The van der Waals surface area contributed by atoms with Crippen LogP contribution in [0.3, 0.4) is 0 Å². The van der Waals surface area contributed by atoms with Crippen LogP contribution >= 0.6 is 0 Å². The van der Waals surface area contributed by atoms with E-state index in [9.17, 15) is 9.18 Å². The Morgan fingerprint density at radius 1 is 1.00 bits per heavy atom. The van der Waals surface area contributed by atoms with Crippen molar-refractivity contribution < 1.29 is 9.18 Å². The second kappa shape index (κ2) is 7.65. The van der Waals surface area contributed by atoms with Gasteiger partial charge in [0.05, 0.1) is 17.6 Å². The lowest BCUT2D eigenvalue weighted by Crippen LogP contribution is -2.24. The van der Waals surface area contributed by atoms with Gasteiger partial charge in [-0.3, -0.25) is 4.79 Å². The molecule has 1 atom stereocenters. The summed E-state index contributed by atoms with van der Waals surface area (Å²) in [6, 6.07) is 20.9. The zero-order valence-electron chi connectivity index (χ0n) is 17.7. The quantitative estimate of drug-likeness (QED) is 0.452. The number of imidazole rings is 1. The highest BCUT2D eigenvalue weighted by Gasteiger charge is 2.35. The molecule has 1 saturated heterocycles. The van der Waals surface area contributed by atoms with Gasteiger partial charge in [0.2, 0.25) is 5.91 Å². The van der Waals surface area contributed by atoms with E-state index < -0.39 is 0 Å². The maximum atomic E-state index is 14.4. The Hall–Kier alpha value is -3.47. The number of para-hydroxylation sites is 2. The molecule has 4 aromatic rings. The predicted octanol–water partition coefficient (Wildman–Crippen LogP) is 5.36. The number of aromatic nitrogens is 2. The van der Waals surface area contributed by atoms with E-state index in [4.69, 9.17) is 4.98 Å². The van der Waals surface area contributed by atoms with Crippen LogP contribution in [0.2, 0.25) is 0 Å². The molecule has 5 rings (SSSR count). The summed E-state index contributed by atoms with van der Waals surface area (Å²) in [6.45, 7) is 5.05. The Morgan fingerprint density at radius 3 is 2.48 bits per heavy atom. The molecule has 1 amide bonds. The Labute approximate surface area is 181 Å². The molecule has 1 aliphatic rings. The van der Waals surface area contributed by atoms with Crippen LogP contribution in [0.4, 0.5) is 10.1 Å². The zero-order valence-corrected chi connectivity index (χ0v) is 17.7. The third-order valence-electron chi connectivity index (χ3n) is 5.98. The number of benzene rings is 3. The molecule has 0 spiro atoms. The molecule has 0 bridgehead atoms. The standard InChI is InChI=1S/C26H24FN3O/c1-17-11-18(2)13-21(12-17)29-16-20(14-25(29)31)26-28-23-9-5-6-10-24(23)30(26)15-19-7-3-4-8-22(19)27/h3-13,20H,14-16H2,1-2H3. The van der Waals surface area contributed by atoms with Crippen molar-refractivity contribution in [3.8, 4) is 0 Å². The zero-order chi connectivity index (χ0) is 21.5. The van der Waals surface area contributed by atoms with Gasteiger partial charge in [-0.05, 0) is 55.3 Å². The van der Waals surface area contributed by atoms with Gasteiger partial charge in [-0.1, -0.05) is 36.4 Å². The molecule has 0 saturated carbocycles. The van der Waals surface area contributed by atoms with Crippen LogP contribution in [0, 0.1) is 19.7 Å². The fraction of sp³-hybridized carbons (Fsp3) is 0.231. The normalized spacial score (nSPS) is 16.4. The lowest BCUT2D eigenvalue weighted by molar-refractivity contribution is -0.117. The summed E-state index contributed by atoms with van der Waals surface area (Å²) in [7, 11) is 0. The SMILES string of the molecule is Cc1cc(C)cc(N2CC(c3nc4ccccc4n3Cc3ccccc3F)CC2=O)c1. The van der Waals surface area contributed by atoms with Crippen molar-refractivity contribution in [3.05, 3.63) is 95.1 Å². The van der Waals surface area contributed by atoms with E-state index in [2.05, 4.69) is 22.8 Å². The van der Waals surface area contributed by atoms with Crippen molar-refractivity contribution in [2.75, 3.05) is 11.4 Å². The van der Waals surface area contributed by atoms with Gasteiger partial charge in [0.1, 0.15) is 11.6 Å². The molecular weight excluding hydrogens is 389 g/mol. The fourth-order valence-corrected chi connectivity index (χ4v) is 4.61. The summed E-state index contributed by atoms with van der Waals surface area (Å²) in [5.41, 5.74) is 5.64. The monoisotopic (exact) mass is 413 g/mol. The third-order valence-corrected chi connectivity index (χ3v) is 5.98. The minimum atomic E-state index is -0.231. The van der Waals surface area contributed by atoms with Crippen molar-refractivity contribution in [3.63, 3.8) is 0 Å². The summed E-state index contributed by atoms with van der Waals surface area (Å²) in [4.78, 5) is 19.7. The first-order chi connectivity index (χ1) is 15.0. The summed E-state index contributed by atoms with van der Waals surface area (Å²) < 4.78 is 16.5. The van der Waals surface area contributed by atoms with Gasteiger partial charge < -0.3 is 9.47 Å². The molecule has 3 aromatic carbocycles. The first-order valence-electron chi connectivity index (χ1n) is 10.6. The number of rotatable bonds is 4. The lowest BCUT2D eigenvalue weighted by atomic mass is 10.1. The second-order valence-corrected chi connectivity index (χ2v) is 8.39. The van der Waals surface area contributed by atoms with Crippen LogP contribution in [-0.2, 0) is 11.3 Å². The average Bonchev–Trinajstić information content (AvgIpc) is 3.30. The number of hydrogen-bond acceptors (Lipinski definition) is 2. The molecule has 156 valence electrons. The lowest BCUT2D eigenvalue weighted by Gasteiger charge is -2.19. The summed E-state index contributed by atoms with van der Waals surface area (Å²) in [5.74, 6) is 0.655. The minimum Gasteiger partial charge on any atom is -0.323 e. The first-order valence-corrected chi connectivity index (χ1v) is 10.6. The molecule has 1 fully saturated rings. The third kappa shape index (κ3) is 3.61. The van der Waals surface area contributed by atoms with Crippen LogP contribution in [0.15, 0.2) is 66.7 Å². The van der Waals surface area contributed by atoms with Gasteiger partial charge >= 0.3 is 0 Å². The van der Waals surface area contributed by atoms with Gasteiger partial charge in [-0.25, -0.2) is 9.37 Å². The van der Waals surface area contributed by atoms with Gasteiger partial charge in [0.25, 0.3) is 0 Å². The van der Waals surface area contributed by atoms with E-state index >= 15 is 0 Å². The molecule has 1 unspecified atom stereocenters. The van der Waals surface area contributed by atoms with E-state index in [1.165, 1.54) is 6.07 Å².